The number of imide groups is 1. The van der Waals surface area contributed by atoms with Gasteiger partial charge in [-0.15, -0.1) is 5.10 Å². The zero-order valence-corrected chi connectivity index (χ0v) is 62.1. The first-order valence-electron chi connectivity index (χ1n) is 34.1. The van der Waals surface area contributed by atoms with Crippen molar-refractivity contribution in [2.45, 2.75) is 277 Å². The molecule has 1 aliphatic carbocycles. The molecule has 2 aliphatic heterocycles. The number of fused-ring (bicyclic) bond motifs is 1. The fourth-order valence-electron chi connectivity index (χ4n) is 16.9. The molecule has 7 rings (SSSR count). The van der Waals surface area contributed by atoms with Crippen LogP contribution in [0.5, 0.6) is 0 Å². The van der Waals surface area contributed by atoms with Crippen LogP contribution < -0.4 is 5.32 Å². The minimum Gasteiger partial charge on any atom is -0.489 e. The molecular formula is C73H113N5O9Si3. The van der Waals surface area contributed by atoms with Crippen LogP contribution in [-0.2, 0) is 39.6 Å². The number of carbonyl (C=O) groups is 4. The van der Waals surface area contributed by atoms with E-state index in [1.165, 1.54) is 0 Å². The first-order valence-corrected chi connectivity index (χ1v) is 40.5. The van der Waals surface area contributed by atoms with Crippen molar-refractivity contribution in [3.8, 4) is 0 Å². The van der Waals surface area contributed by atoms with Crippen LogP contribution in [-0.4, -0.2) is 106 Å². The molecule has 90 heavy (non-hydrogen) atoms. The number of hydrogen-bond donors (Lipinski definition) is 1. The van der Waals surface area contributed by atoms with Gasteiger partial charge in [0.1, 0.15) is 35.8 Å². The zero-order chi connectivity index (χ0) is 66.7. The van der Waals surface area contributed by atoms with E-state index in [1.54, 1.807) is 41.1 Å². The van der Waals surface area contributed by atoms with Gasteiger partial charge in [-0.1, -0.05) is 212 Å². The van der Waals surface area contributed by atoms with Crippen LogP contribution in [0.4, 0.5) is 0 Å². The lowest BCUT2D eigenvalue weighted by atomic mass is 9.75. The molecule has 3 aromatic carbocycles. The van der Waals surface area contributed by atoms with Gasteiger partial charge in [0.05, 0.1) is 53.6 Å². The molecule has 3 amide bonds. The highest BCUT2D eigenvalue weighted by Gasteiger charge is 2.57. The Morgan fingerprint density at radius 2 is 1.16 bits per heavy atom. The monoisotopic (exact) mass is 1290 g/mol. The summed E-state index contributed by atoms with van der Waals surface area (Å²) in [5.74, 6) is -2.18. The second-order valence-electron chi connectivity index (χ2n) is 30.4. The van der Waals surface area contributed by atoms with E-state index in [0.29, 0.717) is 41.0 Å². The SMILES string of the molecule is CC(C)[C@@H]1CC[C@@H](C)C[C@H]1OC(=O)c1ccc([C@H](C2=C[C@@H](O[Si](C(C)C)(C(C)C)C(C)C)[C@H](O[Si](C(C)C)(C(C)C)C(C)C)[C@@H](CO[Si](C(C)C)(C(C)C)C(C)C)O2)[C@@H](C(=O)NC(C)(C)c2cn(Cc3ccccc3)nn2)N2C(=O)c3ccccc3C2=O)cc1. The molecule has 496 valence electrons. The molecular weight excluding hydrogens is 1180 g/mol. The van der Waals surface area contributed by atoms with Gasteiger partial charge in [0.25, 0.3) is 11.8 Å². The van der Waals surface area contributed by atoms with Gasteiger partial charge in [0.15, 0.2) is 0 Å². The van der Waals surface area contributed by atoms with Gasteiger partial charge < -0.3 is 28.1 Å². The topological polar surface area (TPSA) is 160 Å². The number of hydrogen-bond acceptors (Lipinski definition) is 11. The number of benzene rings is 3. The third-order valence-corrected chi connectivity index (χ3v) is 39.4. The highest BCUT2D eigenvalue weighted by Crippen LogP contribution is 2.51. The lowest BCUT2D eigenvalue weighted by Crippen LogP contribution is -2.62. The van der Waals surface area contributed by atoms with Crippen molar-refractivity contribution in [2.24, 2.45) is 17.8 Å². The number of aromatic nitrogens is 3. The minimum absolute atomic E-state index is 0.158. The largest absolute Gasteiger partial charge is 0.489 e. The molecule has 14 nitrogen and oxygen atoms in total. The highest BCUT2D eigenvalue weighted by molar-refractivity contribution is 6.78. The van der Waals surface area contributed by atoms with E-state index >= 15 is 14.4 Å². The van der Waals surface area contributed by atoms with Crippen LogP contribution in [0.25, 0.3) is 0 Å². The molecule has 3 aliphatic rings. The molecule has 0 radical (unpaired) electrons. The smallest absolute Gasteiger partial charge is 0.338 e. The fourth-order valence-corrected chi connectivity index (χ4v) is 33.4. The fraction of sp³-hybridized carbons (Fsp3) is 0.644. The van der Waals surface area contributed by atoms with Gasteiger partial charge in [-0.05, 0) is 136 Å². The zero-order valence-electron chi connectivity index (χ0n) is 59.1. The molecule has 0 saturated heterocycles. The maximum Gasteiger partial charge on any atom is 0.338 e. The lowest BCUT2D eigenvalue weighted by molar-refractivity contribution is -0.128. The van der Waals surface area contributed by atoms with Crippen molar-refractivity contribution in [3.63, 3.8) is 0 Å². The Bertz CT molecular complexity index is 3000. The van der Waals surface area contributed by atoms with E-state index in [0.717, 1.165) is 29.7 Å². The van der Waals surface area contributed by atoms with Crippen molar-refractivity contribution < 1.29 is 41.9 Å². The van der Waals surface area contributed by atoms with Gasteiger partial charge >= 0.3 is 5.97 Å². The second kappa shape index (κ2) is 29.5. The summed E-state index contributed by atoms with van der Waals surface area (Å²) >= 11 is 0. The Kier molecular flexibility index (Phi) is 23.7. The first kappa shape index (κ1) is 72.4. The maximum atomic E-state index is 16.5. The van der Waals surface area contributed by atoms with Crippen LogP contribution in [0, 0.1) is 17.8 Å². The van der Waals surface area contributed by atoms with Crippen LogP contribution in [0.15, 0.2) is 96.9 Å². The minimum atomic E-state index is -2.85. The normalized spacial score (nSPS) is 21.2. The van der Waals surface area contributed by atoms with Crippen LogP contribution in [0.1, 0.15) is 232 Å². The highest BCUT2D eigenvalue weighted by atomic mass is 28.4. The lowest BCUT2D eigenvalue weighted by Gasteiger charge is -2.52. The van der Waals surface area contributed by atoms with E-state index in [4.69, 9.17) is 22.8 Å². The number of nitrogens with one attached hydrogen (secondary N) is 1. The molecule has 0 unspecified atom stereocenters. The Hall–Kier alpha value is -5.05. The number of amides is 3. The van der Waals surface area contributed by atoms with E-state index < -0.39 is 84.5 Å². The Labute approximate surface area is 544 Å². The van der Waals surface area contributed by atoms with Crippen LogP contribution in [0.3, 0.4) is 0 Å². The molecule has 0 spiro atoms. The van der Waals surface area contributed by atoms with Crippen LogP contribution in [0.2, 0.25) is 49.9 Å². The average molecular weight is 1290 g/mol. The molecule has 1 aromatic heterocycles. The number of nitrogens with zero attached hydrogens (tertiary/aromatic N) is 4. The molecule has 4 aromatic rings. The van der Waals surface area contributed by atoms with Crippen molar-refractivity contribution >= 4 is 48.6 Å². The quantitative estimate of drug-likeness (QED) is 0.0327. The van der Waals surface area contributed by atoms with Crippen molar-refractivity contribution in [3.05, 3.63) is 130 Å². The summed E-state index contributed by atoms with van der Waals surface area (Å²) in [5, 5.41) is 12.4. The number of carbonyl (C=O) groups excluding carboxylic acids is 4. The van der Waals surface area contributed by atoms with Gasteiger partial charge in [-0.25, -0.2) is 9.48 Å². The van der Waals surface area contributed by atoms with E-state index in [9.17, 15) is 4.79 Å². The standard InChI is InChI=1S/C73H113N5O9Si3/c1-44(2)58-38-33-54(21)39-61(58)85-72(82)57-36-34-56(35-37-57)66(67(78-70(80)59-31-27-28-32-60(59)71(78)81)69(79)74-73(22,23)65-42-77(76-75-65)41-55-29-25-24-26-30-55)62-40-63(86-89(48(9)10,49(11)12)50(13)14)68(87-90(51(15)16,52(17)18)53(19)20)64(84-62)43-83-88(45(3)4,46(5)6)47(7)8/h24-32,34-37,40,42,44-54,58,61,63-64,66-68H,33,38-39,41,43H2,1-23H3,(H,74,79)/t54-,58+,61-,63-,64-,66-,67+,68+/m1/s1. The summed E-state index contributed by atoms with van der Waals surface area (Å²) in [4.78, 5) is 63.1. The predicted molar refractivity (Wildman–Crippen MR) is 369 cm³/mol. The first-order chi connectivity index (χ1) is 42.2. The Balaban J connectivity index is 1.53. The van der Waals surface area contributed by atoms with Crippen molar-refractivity contribution in [2.75, 3.05) is 6.61 Å². The summed E-state index contributed by atoms with van der Waals surface area (Å²) in [7, 11) is -8.28. The van der Waals surface area contributed by atoms with Gasteiger partial charge in [-0.2, -0.15) is 0 Å². The van der Waals surface area contributed by atoms with E-state index in [-0.39, 0.29) is 79.6 Å². The molecule has 17 heteroatoms. The maximum absolute atomic E-state index is 16.5. The van der Waals surface area contributed by atoms with Gasteiger partial charge in [0.2, 0.25) is 30.9 Å². The summed E-state index contributed by atoms with van der Waals surface area (Å²) < 4.78 is 40.1. The van der Waals surface area contributed by atoms with E-state index in [1.807, 2.05) is 68.6 Å². The predicted octanol–water partition coefficient (Wildman–Crippen LogP) is 17.3. The third kappa shape index (κ3) is 14.7. The molecule has 0 bridgehead atoms. The molecule has 1 saturated carbocycles. The van der Waals surface area contributed by atoms with E-state index in [2.05, 4.69) is 161 Å². The number of rotatable bonds is 28. The summed E-state index contributed by atoms with van der Waals surface area (Å²) in [6.07, 6.45) is 4.25. The Morgan fingerprint density at radius 3 is 1.66 bits per heavy atom. The van der Waals surface area contributed by atoms with Gasteiger partial charge in [0, 0.05) is 0 Å². The average Bonchev–Trinajstić information content (AvgIpc) is 1.28. The Morgan fingerprint density at radius 1 is 0.656 bits per heavy atom. The molecule has 8 atom stereocenters. The molecule has 3 heterocycles. The number of ether oxygens (including phenoxy) is 2. The molecule has 1 N–H and O–H groups in total. The third-order valence-electron chi connectivity index (χ3n) is 21.1. The van der Waals surface area contributed by atoms with Crippen molar-refractivity contribution in [1.29, 1.82) is 0 Å². The second-order valence-corrected chi connectivity index (χ2v) is 46.7. The summed E-state index contributed by atoms with van der Waals surface area (Å²) in [6.45, 7) is 52.1. The number of esters is 1. The summed E-state index contributed by atoms with van der Waals surface area (Å²) in [5.41, 5.74) is 3.33. The van der Waals surface area contributed by atoms with Crippen molar-refractivity contribution in [1.82, 2.24) is 25.2 Å². The molecule has 1 fully saturated rings. The van der Waals surface area contributed by atoms with Crippen LogP contribution >= 0.6 is 0 Å². The summed E-state index contributed by atoms with van der Waals surface area (Å²) in [6, 6.07) is 22.2. The van der Waals surface area contributed by atoms with Gasteiger partial charge in [-0.3, -0.25) is 19.3 Å².